The molecule has 0 aliphatic carbocycles. The van der Waals surface area contributed by atoms with Crippen LogP contribution >= 0.6 is 11.6 Å². The van der Waals surface area contributed by atoms with Crippen molar-refractivity contribution in [2.75, 3.05) is 27.2 Å². The minimum atomic E-state index is -1.17. The summed E-state index contributed by atoms with van der Waals surface area (Å²) in [4.78, 5) is 25.0. The molecular weight excluding hydrogens is 453 g/mol. The van der Waals surface area contributed by atoms with Crippen molar-refractivity contribution < 1.29 is 18.2 Å². The van der Waals surface area contributed by atoms with Gasteiger partial charge in [-0.2, -0.15) is 0 Å². The third-order valence-electron chi connectivity index (χ3n) is 4.92. The highest BCUT2D eigenvalue weighted by Gasteiger charge is 2.22. The highest BCUT2D eigenvalue weighted by Crippen LogP contribution is 2.28. The van der Waals surface area contributed by atoms with Gasteiger partial charge in [-0.15, -0.1) is 0 Å². The van der Waals surface area contributed by atoms with Crippen molar-refractivity contribution in [3.63, 3.8) is 0 Å². The average molecular weight is 472 g/mol. The van der Waals surface area contributed by atoms with Crippen LogP contribution in [0.5, 0.6) is 0 Å². The molecule has 0 bridgehead atoms. The van der Waals surface area contributed by atoms with Crippen LogP contribution < -0.4 is 14.9 Å². The molecule has 3 aromatic rings. The monoisotopic (exact) mass is 471 g/mol. The van der Waals surface area contributed by atoms with Gasteiger partial charge in [-0.25, -0.2) is 8.60 Å². The minimum absolute atomic E-state index is 0.149. The van der Waals surface area contributed by atoms with Crippen molar-refractivity contribution in [3.05, 3.63) is 88.7 Å². The lowest BCUT2D eigenvalue weighted by molar-refractivity contribution is 0.101. The molecule has 9 heteroatoms. The third-order valence-corrected chi connectivity index (χ3v) is 6.77. The minimum Gasteiger partial charge on any atom is -0.322 e. The van der Waals surface area contributed by atoms with E-state index in [1.165, 1.54) is 24.3 Å². The van der Waals surface area contributed by atoms with Crippen LogP contribution in [-0.2, 0) is 11.0 Å². The van der Waals surface area contributed by atoms with Crippen LogP contribution in [0.25, 0.3) is 0 Å². The Labute approximate surface area is 192 Å². The zero-order valence-corrected chi connectivity index (χ0v) is 18.4. The van der Waals surface area contributed by atoms with Gasteiger partial charge in [0.1, 0.15) is 16.8 Å². The number of benzene rings is 3. The van der Waals surface area contributed by atoms with Gasteiger partial charge in [0.15, 0.2) is 0 Å². The molecule has 1 aliphatic rings. The Kier molecular flexibility index (Phi) is 6.53. The number of hydrogen-bond acceptors (Lipinski definition) is 3. The first kappa shape index (κ1) is 22.0. The van der Waals surface area contributed by atoms with Gasteiger partial charge in [0.2, 0.25) is 0 Å². The molecule has 6 nitrogen and oxygen atoms in total. The summed E-state index contributed by atoms with van der Waals surface area (Å²) in [7, 11) is -1.17. The molecule has 2 N–H and O–H groups in total. The van der Waals surface area contributed by atoms with E-state index in [2.05, 4.69) is 10.6 Å². The number of hydrogen-bond donors (Lipinski definition) is 2. The zero-order chi connectivity index (χ0) is 22.7. The molecule has 32 heavy (non-hydrogen) atoms. The lowest BCUT2D eigenvalue weighted by atomic mass is 10.1. The number of carbonyl (C=O) groups excluding carboxylic acids is 2. The van der Waals surface area contributed by atoms with Gasteiger partial charge in [-0.3, -0.25) is 13.9 Å². The molecule has 1 saturated heterocycles. The summed E-state index contributed by atoms with van der Waals surface area (Å²) < 4.78 is 28.2. The van der Waals surface area contributed by atoms with Crippen LogP contribution in [0, 0.1) is 5.82 Å². The van der Waals surface area contributed by atoms with E-state index in [0.717, 1.165) is 6.42 Å². The van der Waals surface area contributed by atoms with E-state index in [1.54, 1.807) is 46.8 Å². The fraction of sp³-hybridized carbons (Fsp3) is 0.130. The Hall–Kier alpha value is -3.23. The Morgan fingerprint density at radius 3 is 2.44 bits per heavy atom. The van der Waals surface area contributed by atoms with Crippen LogP contribution in [0.2, 0.25) is 5.02 Å². The van der Waals surface area contributed by atoms with E-state index in [1.807, 2.05) is 0 Å². The Balaban J connectivity index is 1.49. The molecule has 0 aromatic heterocycles. The lowest BCUT2D eigenvalue weighted by Crippen LogP contribution is -2.20. The smallest absolute Gasteiger partial charge is 0.258 e. The summed E-state index contributed by atoms with van der Waals surface area (Å²) in [5.74, 6) is -1.17. The highest BCUT2D eigenvalue weighted by molar-refractivity contribution is 7.86. The Morgan fingerprint density at radius 2 is 1.75 bits per heavy atom. The largest absolute Gasteiger partial charge is 0.322 e. The van der Waals surface area contributed by atoms with Gasteiger partial charge in [-0.1, -0.05) is 29.8 Å². The van der Waals surface area contributed by atoms with E-state index in [-0.39, 0.29) is 11.5 Å². The van der Waals surface area contributed by atoms with E-state index in [4.69, 9.17) is 11.6 Å². The summed E-state index contributed by atoms with van der Waals surface area (Å²) >= 11 is 6.18. The fourth-order valence-corrected chi connectivity index (χ4v) is 4.76. The topological polar surface area (TPSA) is 78.5 Å². The first-order valence-electron chi connectivity index (χ1n) is 9.85. The van der Waals surface area contributed by atoms with E-state index < -0.39 is 22.7 Å². The van der Waals surface area contributed by atoms with Crippen LogP contribution in [0.4, 0.5) is 21.5 Å². The first-order valence-corrected chi connectivity index (χ1v) is 11.5. The molecule has 0 spiro atoms. The molecule has 3 aromatic carbocycles. The maximum Gasteiger partial charge on any atom is 0.258 e. The predicted octanol–water partition coefficient (Wildman–Crippen LogP) is 4.86. The zero-order valence-electron chi connectivity index (χ0n) is 16.8. The summed E-state index contributed by atoms with van der Waals surface area (Å²) in [5, 5.41) is 5.61. The number of nitrogens with zero attached hydrogens (tertiary/aromatic N) is 1. The maximum absolute atomic E-state index is 14.6. The quantitative estimate of drug-likeness (QED) is 0.558. The normalized spacial score (nSPS) is 15.4. The Morgan fingerprint density at radius 1 is 0.969 bits per heavy atom. The second-order valence-corrected chi connectivity index (χ2v) is 9.01. The van der Waals surface area contributed by atoms with Crippen molar-refractivity contribution in [2.45, 2.75) is 6.42 Å². The molecule has 0 radical (unpaired) electrons. The lowest BCUT2D eigenvalue weighted by Gasteiger charge is -2.16. The van der Waals surface area contributed by atoms with Crippen molar-refractivity contribution in [2.24, 2.45) is 0 Å². The molecule has 1 atom stereocenters. The summed E-state index contributed by atoms with van der Waals surface area (Å²) in [6.07, 6.45) is 0.774. The molecular formula is C23H19ClFN3O3S. The van der Waals surface area contributed by atoms with E-state index in [0.29, 0.717) is 39.9 Å². The second kappa shape index (κ2) is 9.50. The van der Waals surface area contributed by atoms with Gasteiger partial charge < -0.3 is 10.6 Å². The van der Waals surface area contributed by atoms with Crippen LogP contribution in [0.3, 0.4) is 0 Å². The summed E-state index contributed by atoms with van der Waals surface area (Å²) in [5.41, 5.74) is 1.44. The van der Waals surface area contributed by atoms with Gasteiger partial charge in [-0.05, 0) is 55.0 Å². The number of carbonyl (C=O) groups is 2. The van der Waals surface area contributed by atoms with Gasteiger partial charge >= 0.3 is 0 Å². The van der Waals surface area contributed by atoms with Crippen molar-refractivity contribution >= 4 is 51.5 Å². The number of amides is 2. The second-order valence-electron chi connectivity index (χ2n) is 7.11. The van der Waals surface area contributed by atoms with Crippen LogP contribution in [0.15, 0.2) is 66.7 Å². The first-order chi connectivity index (χ1) is 15.4. The highest BCUT2D eigenvalue weighted by atomic mass is 35.5. The SMILES string of the molecule is O=C(Nc1cc(NC(=O)c2ccc(N3CCCS3=O)cc2F)ccc1Cl)c1ccccc1. The summed E-state index contributed by atoms with van der Waals surface area (Å²) in [6, 6.07) is 17.4. The Bertz CT molecular complexity index is 1210. The van der Waals surface area contributed by atoms with Gasteiger partial charge in [0.05, 0.1) is 22.0 Å². The molecule has 0 saturated carbocycles. The molecule has 1 unspecified atom stereocenters. The summed E-state index contributed by atoms with van der Waals surface area (Å²) in [6.45, 7) is 0.583. The standard InChI is InChI=1S/C23H19ClFN3O3S/c24-19-10-7-16(13-21(19)27-22(29)15-5-2-1-3-6-15)26-23(30)18-9-8-17(14-20(18)25)28-11-4-12-32(28)31/h1-3,5-10,13-14H,4,11-12H2,(H,26,30)(H,27,29). The van der Waals surface area contributed by atoms with Gasteiger partial charge in [0, 0.05) is 23.5 Å². The van der Waals surface area contributed by atoms with Crippen molar-refractivity contribution in [1.82, 2.24) is 0 Å². The fourth-order valence-electron chi connectivity index (χ4n) is 3.31. The average Bonchev–Trinajstić information content (AvgIpc) is 3.22. The number of halogens is 2. The molecule has 1 fully saturated rings. The van der Waals surface area contributed by atoms with Crippen molar-refractivity contribution in [3.8, 4) is 0 Å². The number of anilines is 3. The molecule has 2 amide bonds. The van der Waals surface area contributed by atoms with E-state index in [9.17, 15) is 18.2 Å². The van der Waals surface area contributed by atoms with Gasteiger partial charge in [0.25, 0.3) is 11.8 Å². The molecule has 164 valence electrons. The number of nitrogens with one attached hydrogen (secondary N) is 2. The van der Waals surface area contributed by atoms with Crippen LogP contribution in [-0.4, -0.2) is 28.3 Å². The van der Waals surface area contributed by atoms with Crippen molar-refractivity contribution in [1.29, 1.82) is 0 Å². The third kappa shape index (κ3) is 4.81. The number of rotatable bonds is 5. The molecule has 4 rings (SSSR count). The van der Waals surface area contributed by atoms with Crippen LogP contribution in [0.1, 0.15) is 27.1 Å². The molecule has 1 heterocycles. The maximum atomic E-state index is 14.6. The molecule has 1 aliphatic heterocycles. The predicted molar refractivity (Wildman–Crippen MR) is 125 cm³/mol. The van der Waals surface area contributed by atoms with E-state index >= 15 is 0 Å².